The Morgan fingerprint density at radius 1 is 1.37 bits per heavy atom. The van der Waals surface area contributed by atoms with Crippen LogP contribution in [0.5, 0.6) is 0 Å². The molecular formula is C15H20N2O2. The molecule has 1 amide bonds. The van der Waals surface area contributed by atoms with Crippen LogP contribution in [0.2, 0.25) is 0 Å². The van der Waals surface area contributed by atoms with Gasteiger partial charge in [-0.05, 0) is 45.2 Å². The second-order valence-electron chi connectivity index (χ2n) is 5.13. The van der Waals surface area contributed by atoms with Gasteiger partial charge < -0.3 is 10.2 Å². The van der Waals surface area contributed by atoms with Gasteiger partial charge in [-0.3, -0.25) is 9.59 Å². The summed E-state index contributed by atoms with van der Waals surface area (Å²) in [6, 6.07) is 7.45. The normalized spacial score (nSPS) is 22.9. The van der Waals surface area contributed by atoms with E-state index >= 15 is 0 Å². The van der Waals surface area contributed by atoms with Gasteiger partial charge in [0.1, 0.15) is 0 Å². The molecule has 2 rings (SSSR count). The Morgan fingerprint density at radius 3 is 2.53 bits per heavy atom. The third-order valence-corrected chi connectivity index (χ3v) is 3.81. The van der Waals surface area contributed by atoms with Crippen molar-refractivity contribution < 1.29 is 9.59 Å². The second kappa shape index (κ2) is 5.53. The van der Waals surface area contributed by atoms with Crippen LogP contribution in [0.15, 0.2) is 24.3 Å². The lowest BCUT2D eigenvalue weighted by Crippen LogP contribution is -2.35. The summed E-state index contributed by atoms with van der Waals surface area (Å²) in [6.07, 6.45) is 0.580. The van der Waals surface area contributed by atoms with Crippen LogP contribution in [0.25, 0.3) is 0 Å². The Kier molecular flexibility index (Phi) is 4.00. The fourth-order valence-corrected chi connectivity index (χ4v) is 2.67. The molecule has 102 valence electrons. The van der Waals surface area contributed by atoms with Crippen LogP contribution in [-0.4, -0.2) is 31.3 Å². The van der Waals surface area contributed by atoms with Crippen LogP contribution in [0.4, 0.5) is 5.69 Å². The van der Waals surface area contributed by atoms with Crippen molar-refractivity contribution >= 4 is 17.4 Å². The number of hydrogen-bond donors (Lipinski definition) is 1. The maximum Gasteiger partial charge on any atom is 0.227 e. The third kappa shape index (κ3) is 2.68. The summed E-state index contributed by atoms with van der Waals surface area (Å²) in [6.45, 7) is 4.46. The van der Waals surface area contributed by atoms with E-state index in [4.69, 9.17) is 0 Å². The first-order chi connectivity index (χ1) is 9.04. The topological polar surface area (TPSA) is 49.4 Å². The Hall–Kier alpha value is -1.68. The third-order valence-electron chi connectivity index (χ3n) is 3.81. The van der Waals surface area contributed by atoms with Crippen molar-refractivity contribution in [1.82, 2.24) is 5.32 Å². The van der Waals surface area contributed by atoms with E-state index in [-0.39, 0.29) is 17.7 Å². The van der Waals surface area contributed by atoms with Crippen molar-refractivity contribution in [3.63, 3.8) is 0 Å². The van der Waals surface area contributed by atoms with Crippen LogP contribution in [0, 0.1) is 5.92 Å². The Bertz CT molecular complexity index is 481. The molecule has 1 saturated heterocycles. The highest BCUT2D eigenvalue weighted by Gasteiger charge is 2.36. The SMILES string of the molecule is CNCC1CC(=O)N(c2ccc(C(C)=O)cc2)C1C. The van der Waals surface area contributed by atoms with E-state index in [1.807, 2.05) is 24.1 Å². The van der Waals surface area contributed by atoms with Gasteiger partial charge in [0.25, 0.3) is 0 Å². The number of rotatable bonds is 4. The summed E-state index contributed by atoms with van der Waals surface area (Å²) in [5.74, 6) is 0.536. The van der Waals surface area contributed by atoms with Gasteiger partial charge in [0.2, 0.25) is 5.91 Å². The van der Waals surface area contributed by atoms with E-state index in [0.717, 1.165) is 12.2 Å². The minimum Gasteiger partial charge on any atom is -0.319 e. The van der Waals surface area contributed by atoms with Crippen molar-refractivity contribution in [2.75, 3.05) is 18.5 Å². The number of nitrogens with one attached hydrogen (secondary N) is 1. The summed E-state index contributed by atoms with van der Waals surface area (Å²) in [4.78, 5) is 25.2. The van der Waals surface area contributed by atoms with Gasteiger partial charge >= 0.3 is 0 Å². The molecule has 2 unspecified atom stereocenters. The monoisotopic (exact) mass is 260 g/mol. The highest BCUT2D eigenvalue weighted by molar-refractivity contribution is 5.98. The zero-order valence-corrected chi connectivity index (χ0v) is 11.6. The summed E-state index contributed by atoms with van der Waals surface area (Å²) in [5.41, 5.74) is 1.55. The van der Waals surface area contributed by atoms with Gasteiger partial charge in [0.15, 0.2) is 5.78 Å². The van der Waals surface area contributed by atoms with E-state index < -0.39 is 0 Å². The molecule has 1 aliphatic heterocycles. The first-order valence-corrected chi connectivity index (χ1v) is 6.62. The summed E-state index contributed by atoms with van der Waals surface area (Å²) < 4.78 is 0. The Morgan fingerprint density at radius 2 is 2.00 bits per heavy atom. The quantitative estimate of drug-likeness (QED) is 0.841. The van der Waals surface area contributed by atoms with Crippen LogP contribution < -0.4 is 10.2 Å². The van der Waals surface area contributed by atoms with Crippen LogP contribution >= 0.6 is 0 Å². The lowest BCUT2D eigenvalue weighted by molar-refractivity contribution is -0.117. The molecular weight excluding hydrogens is 240 g/mol. The number of amides is 1. The number of carbonyl (C=O) groups is 2. The maximum absolute atomic E-state index is 12.1. The fraction of sp³-hybridized carbons (Fsp3) is 0.467. The highest BCUT2D eigenvalue weighted by atomic mass is 16.2. The predicted molar refractivity (Wildman–Crippen MR) is 75.4 cm³/mol. The first-order valence-electron chi connectivity index (χ1n) is 6.62. The van der Waals surface area contributed by atoms with Crippen molar-refractivity contribution in [3.05, 3.63) is 29.8 Å². The van der Waals surface area contributed by atoms with E-state index in [0.29, 0.717) is 17.9 Å². The minimum atomic E-state index is 0.0420. The lowest BCUT2D eigenvalue weighted by atomic mass is 10.0. The molecule has 0 aliphatic carbocycles. The zero-order valence-electron chi connectivity index (χ0n) is 11.6. The van der Waals surface area contributed by atoms with Gasteiger partial charge in [0.05, 0.1) is 0 Å². The molecule has 1 N–H and O–H groups in total. The number of carbonyl (C=O) groups excluding carboxylic acids is 2. The molecule has 1 aliphatic rings. The molecule has 0 bridgehead atoms. The maximum atomic E-state index is 12.1. The van der Waals surface area contributed by atoms with Gasteiger partial charge in [0, 0.05) is 36.2 Å². The average Bonchev–Trinajstić information content (AvgIpc) is 2.65. The lowest BCUT2D eigenvalue weighted by Gasteiger charge is -2.25. The van der Waals surface area contributed by atoms with Gasteiger partial charge in [-0.2, -0.15) is 0 Å². The predicted octanol–water partition coefficient (Wildman–Crippen LogP) is 1.85. The molecule has 1 aromatic rings. The van der Waals surface area contributed by atoms with Crippen LogP contribution in [-0.2, 0) is 4.79 Å². The molecule has 1 fully saturated rings. The molecule has 2 atom stereocenters. The van der Waals surface area contributed by atoms with E-state index in [9.17, 15) is 9.59 Å². The van der Waals surface area contributed by atoms with Gasteiger partial charge in [-0.1, -0.05) is 0 Å². The van der Waals surface area contributed by atoms with Crippen LogP contribution in [0.3, 0.4) is 0 Å². The number of anilines is 1. The number of nitrogens with zero attached hydrogens (tertiary/aromatic N) is 1. The highest BCUT2D eigenvalue weighted by Crippen LogP contribution is 2.30. The smallest absolute Gasteiger partial charge is 0.227 e. The number of hydrogen-bond acceptors (Lipinski definition) is 3. The summed E-state index contributed by atoms with van der Waals surface area (Å²) in [5, 5.41) is 3.13. The van der Waals surface area contributed by atoms with E-state index in [1.54, 1.807) is 19.1 Å². The number of benzene rings is 1. The molecule has 1 aromatic carbocycles. The molecule has 0 saturated carbocycles. The minimum absolute atomic E-state index is 0.0420. The Labute approximate surface area is 113 Å². The molecule has 0 radical (unpaired) electrons. The Balaban J connectivity index is 2.21. The molecule has 19 heavy (non-hydrogen) atoms. The van der Waals surface area contributed by atoms with Crippen LogP contribution in [0.1, 0.15) is 30.6 Å². The van der Waals surface area contributed by atoms with Crippen molar-refractivity contribution in [2.24, 2.45) is 5.92 Å². The molecule has 1 heterocycles. The second-order valence-corrected chi connectivity index (χ2v) is 5.13. The molecule has 0 aromatic heterocycles. The van der Waals surface area contributed by atoms with Crippen molar-refractivity contribution in [1.29, 1.82) is 0 Å². The molecule has 4 nitrogen and oxygen atoms in total. The number of ketones is 1. The van der Waals surface area contributed by atoms with E-state index in [1.165, 1.54) is 0 Å². The zero-order chi connectivity index (χ0) is 14.0. The van der Waals surface area contributed by atoms with Gasteiger partial charge in [-0.15, -0.1) is 0 Å². The average molecular weight is 260 g/mol. The summed E-state index contributed by atoms with van der Waals surface area (Å²) >= 11 is 0. The first kappa shape index (κ1) is 13.7. The van der Waals surface area contributed by atoms with Crippen molar-refractivity contribution in [2.45, 2.75) is 26.3 Å². The number of Topliss-reactive ketones (excluding diaryl/α,β-unsaturated/α-hetero) is 1. The molecule has 4 heteroatoms. The fourth-order valence-electron chi connectivity index (χ4n) is 2.67. The van der Waals surface area contributed by atoms with Crippen molar-refractivity contribution in [3.8, 4) is 0 Å². The van der Waals surface area contributed by atoms with Gasteiger partial charge in [-0.25, -0.2) is 0 Å². The largest absolute Gasteiger partial charge is 0.319 e. The van der Waals surface area contributed by atoms with E-state index in [2.05, 4.69) is 12.2 Å². The summed E-state index contributed by atoms with van der Waals surface area (Å²) in [7, 11) is 1.90. The molecule has 0 spiro atoms. The standard InChI is InChI=1S/C15H20N2O2/c1-10-13(9-16-3)8-15(19)17(10)14-6-4-12(5-7-14)11(2)18/h4-7,10,13,16H,8-9H2,1-3H3.